The average Bonchev–Trinajstić information content (AvgIpc) is 2.74. The summed E-state index contributed by atoms with van der Waals surface area (Å²) in [5, 5.41) is 5.75. The van der Waals surface area contributed by atoms with Gasteiger partial charge in [0.15, 0.2) is 0 Å². The highest BCUT2D eigenvalue weighted by molar-refractivity contribution is 6.02. The summed E-state index contributed by atoms with van der Waals surface area (Å²) in [6.07, 6.45) is 0. The monoisotopic (exact) mass is 376 g/mol. The van der Waals surface area contributed by atoms with E-state index in [2.05, 4.69) is 10.6 Å². The van der Waals surface area contributed by atoms with E-state index in [1.54, 1.807) is 24.3 Å². The predicted molar refractivity (Wildman–Crippen MR) is 108 cm³/mol. The van der Waals surface area contributed by atoms with E-state index in [0.29, 0.717) is 17.0 Å². The maximum absolute atomic E-state index is 12.2. The number of esters is 1. The summed E-state index contributed by atoms with van der Waals surface area (Å²) < 4.78 is 10.5. The van der Waals surface area contributed by atoms with Crippen LogP contribution in [0.5, 0.6) is 11.5 Å². The van der Waals surface area contributed by atoms with Crippen LogP contribution < -0.4 is 15.4 Å². The number of carbonyl (C=O) groups is 2. The summed E-state index contributed by atoms with van der Waals surface area (Å²) in [5.74, 6) is 0.680. The molecule has 0 heterocycles. The van der Waals surface area contributed by atoms with E-state index in [4.69, 9.17) is 9.47 Å². The Hall–Kier alpha value is -3.80. The third kappa shape index (κ3) is 5.11. The van der Waals surface area contributed by atoms with Gasteiger partial charge in [-0.15, -0.1) is 0 Å². The molecule has 3 aromatic rings. The highest BCUT2D eigenvalue weighted by Gasteiger charge is 2.13. The van der Waals surface area contributed by atoms with Gasteiger partial charge in [0, 0.05) is 5.69 Å². The van der Waals surface area contributed by atoms with Crippen LogP contribution in [0.2, 0.25) is 0 Å². The second kappa shape index (κ2) is 9.23. The zero-order chi connectivity index (χ0) is 19.8. The zero-order valence-corrected chi connectivity index (χ0v) is 15.3. The molecule has 0 aliphatic carbocycles. The van der Waals surface area contributed by atoms with Crippen molar-refractivity contribution >= 4 is 23.3 Å². The molecule has 3 aromatic carbocycles. The van der Waals surface area contributed by atoms with Crippen molar-refractivity contribution in [1.29, 1.82) is 0 Å². The molecular formula is C22H20N2O4. The van der Waals surface area contributed by atoms with Gasteiger partial charge >= 0.3 is 5.97 Å². The Balaban J connectivity index is 1.54. The van der Waals surface area contributed by atoms with Gasteiger partial charge in [-0.25, -0.2) is 4.79 Å². The van der Waals surface area contributed by atoms with Gasteiger partial charge in [-0.1, -0.05) is 30.3 Å². The molecule has 0 radical (unpaired) electrons. The minimum absolute atomic E-state index is 0.0500. The molecule has 0 fully saturated rings. The van der Waals surface area contributed by atoms with Crippen LogP contribution in [-0.2, 0) is 9.53 Å². The zero-order valence-electron chi connectivity index (χ0n) is 15.3. The molecule has 1 amide bonds. The van der Waals surface area contributed by atoms with Crippen LogP contribution in [0.3, 0.4) is 0 Å². The number of anilines is 2. The topological polar surface area (TPSA) is 76.7 Å². The Bertz CT molecular complexity index is 940. The van der Waals surface area contributed by atoms with E-state index < -0.39 is 5.97 Å². The summed E-state index contributed by atoms with van der Waals surface area (Å²) >= 11 is 0. The second-order valence-electron chi connectivity index (χ2n) is 5.88. The average molecular weight is 376 g/mol. The number of methoxy groups -OCH3 is 1. The summed E-state index contributed by atoms with van der Waals surface area (Å²) in [5.41, 5.74) is 1.49. The van der Waals surface area contributed by atoms with Crippen molar-refractivity contribution < 1.29 is 19.1 Å². The fourth-order valence-corrected chi connectivity index (χ4v) is 2.52. The van der Waals surface area contributed by atoms with E-state index in [9.17, 15) is 9.59 Å². The van der Waals surface area contributed by atoms with Gasteiger partial charge in [0.1, 0.15) is 11.5 Å². The quantitative estimate of drug-likeness (QED) is 0.601. The summed E-state index contributed by atoms with van der Waals surface area (Å²) in [6, 6.07) is 23.5. The summed E-state index contributed by atoms with van der Waals surface area (Å²) in [6.45, 7) is 0.0500. The van der Waals surface area contributed by atoms with Crippen LogP contribution >= 0.6 is 0 Å². The molecule has 6 heteroatoms. The molecule has 0 unspecified atom stereocenters. The predicted octanol–water partition coefficient (Wildman–Crippen LogP) is 4.32. The molecule has 6 nitrogen and oxygen atoms in total. The number of carbonyl (C=O) groups excluding carboxylic acids is 2. The van der Waals surface area contributed by atoms with Crippen molar-refractivity contribution in [1.82, 2.24) is 0 Å². The van der Waals surface area contributed by atoms with Crippen molar-refractivity contribution in [2.45, 2.75) is 0 Å². The van der Waals surface area contributed by atoms with E-state index >= 15 is 0 Å². The third-order valence-electron chi connectivity index (χ3n) is 3.89. The number of amides is 1. The van der Waals surface area contributed by atoms with Gasteiger partial charge in [-0.2, -0.15) is 0 Å². The number of para-hydroxylation sites is 2. The Morgan fingerprint density at radius 3 is 2.18 bits per heavy atom. The third-order valence-corrected chi connectivity index (χ3v) is 3.89. The van der Waals surface area contributed by atoms with Gasteiger partial charge in [-0.3, -0.25) is 4.79 Å². The molecule has 0 aliphatic heterocycles. The molecule has 3 rings (SSSR count). The standard InChI is InChI=1S/C22H20N2O4/c1-27-22(26)19-9-5-6-10-20(19)24-21(25)15-23-16-11-13-18(14-12-16)28-17-7-3-2-4-8-17/h2-14,23H,15H2,1H3,(H,24,25). The Labute approximate surface area is 163 Å². The lowest BCUT2D eigenvalue weighted by Gasteiger charge is -2.11. The highest BCUT2D eigenvalue weighted by atomic mass is 16.5. The van der Waals surface area contributed by atoms with Crippen LogP contribution in [0, 0.1) is 0 Å². The second-order valence-corrected chi connectivity index (χ2v) is 5.88. The normalized spacial score (nSPS) is 10.0. The first-order valence-corrected chi connectivity index (χ1v) is 8.70. The highest BCUT2D eigenvalue weighted by Crippen LogP contribution is 2.22. The van der Waals surface area contributed by atoms with Crippen LogP contribution in [0.1, 0.15) is 10.4 Å². The molecule has 0 saturated carbocycles. The lowest BCUT2D eigenvalue weighted by molar-refractivity contribution is -0.114. The Morgan fingerprint density at radius 2 is 1.46 bits per heavy atom. The number of ether oxygens (including phenoxy) is 2. The largest absolute Gasteiger partial charge is 0.465 e. The number of nitrogens with one attached hydrogen (secondary N) is 2. The molecule has 0 bridgehead atoms. The van der Waals surface area contributed by atoms with E-state index in [1.165, 1.54) is 7.11 Å². The minimum atomic E-state index is -0.502. The lowest BCUT2D eigenvalue weighted by Crippen LogP contribution is -2.23. The molecule has 0 saturated heterocycles. The Kier molecular flexibility index (Phi) is 6.25. The molecule has 28 heavy (non-hydrogen) atoms. The first kappa shape index (κ1) is 19.0. The van der Waals surface area contributed by atoms with Gasteiger partial charge in [-0.05, 0) is 48.5 Å². The van der Waals surface area contributed by atoms with E-state index in [0.717, 1.165) is 11.4 Å². The fourth-order valence-electron chi connectivity index (χ4n) is 2.52. The minimum Gasteiger partial charge on any atom is -0.465 e. The Morgan fingerprint density at radius 1 is 0.821 bits per heavy atom. The van der Waals surface area contributed by atoms with Gasteiger partial charge < -0.3 is 20.1 Å². The molecule has 0 aliphatic rings. The van der Waals surface area contributed by atoms with Crippen LogP contribution in [0.25, 0.3) is 0 Å². The maximum Gasteiger partial charge on any atom is 0.339 e. The van der Waals surface area contributed by atoms with Crippen LogP contribution in [-0.4, -0.2) is 25.5 Å². The SMILES string of the molecule is COC(=O)c1ccccc1NC(=O)CNc1ccc(Oc2ccccc2)cc1. The van der Waals surface area contributed by atoms with Crippen molar-refractivity contribution in [2.75, 3.05) is 24.3 Å². The van der Waals surface area contributed by atoms with E-state index in [-0.39, 0.29) is 12.5 Å². The number of rotatable bonds is 7. The molecule has 0 atom stereocenters. The molecule has 2 N–H and O–H groups in total. The fraction of sp³-hybridized carbons (Fsp3) is 0.0909. The summed E-state index contributed by atoms with van der Waals surface area (Å²) in [4.78, 5) is 24.0. The van der Waals surface area contributed by atoms with Crippen molar-refractivity contribution in [3.8, 4) is 11.5 Å². The molecule has 0 spiro atoms. The van der Waals surface area contributed by atoms with E-state index in [1.807, 2.05) is 54.6 Å². The summed E-state index contributed by atoms with van der Waals surface area (Å²) in [7, 11) is 1.30. The number of hydrogen-bond donors (Lipinski definition) is 2. The molecule has 0 aromatic heterocycles. The first-order valence-electron chi connectivity index (χ1n) is 8.70. The van der Waals surface area contributed by atoms with Crippen LogP contribution in [0.4, 0.5) is 11.4 Å². The lowest BCUT2D eigenvalue weighted by atomic mass is 10.2. The van der Waals surface area contributed by atoms with Gasteiger partial charge in [0.2, 0.25) is 5.91 Å². The van der Waals surface area contributed by atoms with Crippen molar-refractivity contribution in [3.63, 3.8) is 0 Å². The molecule has 142 valence electrons. The smallest absolute Gasteiger partial charge is 0.339 e. The van der Waals surface area contributed by atoms with Crippen molar-refractivity contribution in [3.05, 3.63) is 84.4 Å². The molecular weight excluding hydrogens is 356 g/mol. The number of benzene rings is 3. The maximum atomic E-state index is 12.2. The van der Waals surface area contributed by atoms with Crippen LogP contribution in [0.15, 0.2) is 78.9 Å². The number of hydrogen-bond acceptors (Lipinski definition) is 5. The van der Waals surface area contributed by atoms with Gasteiger partial charge in [0.05, 0.1) is 24.9 Å². The van der Waals surface area contributed by atoms with Gasteiger partial charge in [0.25, 0.3) is 0 Å². The van der Waals surface area contributed by atoms with Crippen molar-refractivity contribution in [2.24, 2.45) is 0 Å². The first-order chi connectivity index (χ1) is 13.7.